The highest BCUT2D eigenvalue weighted by atomic mass is 35.5. The Balaban J connectivity index is 2.03. The standard InChI is InChI=1S/C20H21ClN2O3/c1-12-4-7-17(10-13(12)2)22-19(25)11-18(14(3)24)20(26)23-16-8-5-15(21)6-9-16/h4-10,18H,11H2,1-3H3,(H,22,25)(H,23,26). The van der Waals surface area contributed by atoms with E-state index in [9.17, 15) is 14.4 Å². The maximum Gasteiger partial charge on any atom is 0.235 e. The monoisotopic (exact) mass is 372 g/mol. The van der Waals surface area contributed by atoms with Crippen molar-refractivity contribution in [2.75, 3.05) is 10.6 Å². The van der Waals surface area contributed by atoms with Crippen molar-refractivity contribution in [3.05, 3.63) is 58.6 Å². The van der Waals surface area contributed by atoms with Gasteiger partial charge in [0.15, 0.2) is 0 Å². The van der Waals surface area contributed by atoms with Crippen molar-refractivity contribution < 1.29 is 14.4 Å². The quantitative estimate of drug-likeness (QED) is 0.748. The summed E-state index contributed by atoms with van der Waals surface area (Å²) in [6.07, 6.45) is -0.221. The van der Waals surface area contributed by atoms with E-state index in [-0.39, 0.29) is 18.1 Å². The van der Waals surface area contributed by atoms with Crippen molar-refractivity contribution in [1.82, 2.24) is 0 Å². The minimum atomic E-state index is -1.06. The van der Waals surface area contributed by atoms with Gasteiger partial charge in [-0.25, -0.2) is 0 Å². The summed E-state index contributed by atoms with van der Waals surface area (Å²) in [5, 5.41) is 5.91. The molecular weight excluding hydrogens is 352 g/mol. The Morgan fingerprint density at radius 1 is 0.923 bits per heavy atom. The van der Waals surface area contributed by atoms with Crippen LogP contribution in [-0.2, 0) is 14.4 Å². The van der Waals surface area contributed by atoms with E-state index in [0.717, 1.165) is 11.1 Å². The first kappa shape index (κ1) is 19.7. The fraction of sp³-hybridized carbons (Fsp3) is 0.250. The maximum atomic E-state index is 12.4. The first-order chi connectivity index (χ1) is 12.3. The van der Waals surface area contributed by atoms with Gasteiger partial charge in [-0.05, 0) is 68.3 Å². The molecule has 0 radical (unpaired) electrons. The molecule has 26 heavy (non-hydrogen) atoms. The van der Waals surface area contributed by atoms with Crippen LogP contribution in [0.5, 0.6) is 0 Å². The fourth-order valence-corrected chi connectivity index (χ4v) is 2.53. The number of carbonyl (C=O) groups excluding carboxylic acids is 3. The molecule has 0 aromatic heterocycles. The first-order valence-electron chi connectivity index (χ1n) is 8.20. The number of amides is 2. The van der Waals surface area contributed by atoms with Gasteiger partial charge in [0, 0.05) is 22.8 Å². The zero-order valence-electron chi connectivity index (χ0n) is 14.9. The summed E-state index contributed by atoms with van der Waals surface area (Å²) < 4.78 is 0. The number of halogens is 1. The summed E-state index contributed by atoms with van der Waals surface area (Å²) in [4.78, 5) is 36.5. The van der Waals surface area contributed by atoms with E-state index in [0.29, 0.717) is 16.4 Å². The summed E-state index contributed by atoms with van der Waals surface area (Å²) in [6, 6.07) is 12.1. The number of anilines is 2. The van der Waals surface area contributed by atoms with Crippen LogP contribution < -0.4 is 10.6 Å². The minimum Gasteiger partial charge on any atom is -0.326 e. The van der Waals surface area contributed by atoms with Crippen LogP contribution in [0.25, 0.3) is 0 Å². The summed E-state index contributed by atoms with van der Waals surface area (Å²) in [6.45, 7) is 5.23. The second kappa shape index (κ2) is 8.63. The molecule has 1 atom stereocenters. The van der Waals surface area contributed by atoms with Crippen LogP contribution in [0.2, 0.25) is 5.02 Å². The molecule has 1 unspecified atom stereocenters. The lowest BCUT2D eigenvalue weighted by atomic mass is 9.99. The molecule has 2 rings (SSSR count). The molecule has 2 N–H and O–H groups in total. The number of rotatable bonds is 6. The zero-order valence-corrected chi connectivity index (χ0v) is 15.7. The zero-order chi connectivity index (χ0) is 19.3. The Morgan fingerprint density at radius 3 is 2.12 bits per heavy atom. The van der Waals surface area contributed by atoms with Gasteiger partial charge in [0.05, 0.1) is 0 Å². The second-order valence-electron chi connectivity index (χ2n) is 6.21. The lowest BCUT2D eigenvalue weighted by Gasteiger charge is -2.14. The number of hydrogen-bond donors (Lipinski definition) is 2. The maximum absolute atomic E-state index is 12.4. The largest absolute Gasteiger partial charge is 0.326 e. The second-order valence-corrected chi connectivity index (χ2v) is 6.65. The Morgan fingerprint density at radius 2 is 1.54 bits per heavy atom. The molecule has 0 aliphatic rings. The van der Waals surface area contributed by atoms with E-state index in [1.807, 2.05) is 26.0 Å². The molecule has 0 aliphatic heterocycles. The van der Waals surface area contributed by atoms with Crippen LogP contribution in [0.4, 0.5) is 11.4 Å². The van der Waals surface area contributed by atoms with Gasteiger partial charge < -0.3 is 10.6 Å². The number of carbonyl (C=O) groups is 3. The van der Waals surface area contributed by atoms with Gasteiger partial charge in [-0.1, -0.05) is 17.7 Å². The molecule has 2 amide bonds. The number of aryl methyl sites for hydroxylation is 2. The van der Waals surface area contributed by atoms with Crippen molar-refractivity contribution in [2.24, 2.45) is 5.92 Å². The molecule has 0 bridgehead atoms. The van der Waals surface area contributed by atoms with E-state index in [4.69, 9.17) is 11.6 Å². The third kappa shape index (κ3) is 5.43. The van der Waals surface area contributed by atoms with Gasteiger partial charge in [-0.3, -0.25) is 14.4 Å². The Kier molecular flexibility index (Phi) is 6.52. The molecule has 6 heteroatoms. The van der Waals surface area contributed by atoms with Crippen LogP contribution in [0.3, 0.4) is 0 Å². The molecule has 5 nitrogen and oxygen atoms in total. The highest BCUT2D eigenvalue weighted by Crippen LogP contribution is 2.18. The molecule has 0 saturated carbocycles. The Labute approximate surface area is 157 Å². The SMILES string of the molecule is CC(=O)C(CC(=O)Nc1ccc(C)c(C)c1)C(=O)Nc1ccc(Cl)cc1. The highest BCUT2D eigenvalue weighted by Gasteiger charge is 2.26. The average molecular weight is 373 g/mol. The molecular formula is C20H21ClN2O3. The minimum absolute atomic E-state index is 0.221. The average Bonchev–Trinajstić information content (AvgIpc) is 2.57. The van der Waals surface area contributed by atoms with E-state index < -0.39 is 11.8 Å². The normalized spacial score (nSPS) is 11.5. The highest BCUT2D eigenvalue weighted by molar-refractivity contribution is 6.30. The number of ketones is 1. The Hall–Kier alpha value is -2.66. The van der Waals surface area contributed by atoms with Crippen LogP contribution in [-0.4, -0.2) is 17.6 Å². The molecule has 0 aliphatic carbocycles. The van der Waals surface area contributed by atoms with Crippen LogP contribution >= 0.6 is 11.6 Å². The van der Waals surface area contributed by atoms with Crippen LogP contribution in [0, 0.1) is 19.8 Å². The molecule has 0 fully saturated rings. The van der Waals surface area contributed by atoms with E-state index in [1.54, 1.807) is 30.3 Å². The number of nitrogens with one attached hydrogen (secondary N) is 2. The van der Waals surface area contributed by atoms with Crippen LogP contribution in [0.1, 0.15) is 24.5 Å². The summed E-state index contributed by atoms with van der Waals surface area (Å²) >= 11 is 5.81. The molecule has 0 saturated heterocycles. The molecule has 0 heterocycles. The smallest absolute Gasteiger partial charge is 0.235 e. The topological polar surface area (TPSA) is 75.3 Å². The third-order valence-corrected chi connectivity index (χ3v) is 4.35. The van der Waals surface area contributed by atoms with Gasteiger partial charge >= 0.3 is 0 Å². The molecule has 0 spiro atoms. The van der Waals surface area contributed by atoms with Crippen molar-refractivity contribution in [2.45, 2.75) is 27.2 Å². The number of Topliss-reactive ketones (excluding diaryl/α,β-unsaturated/α-hetero) is 1. The fourth-order valence-electron chi connectivity index (χ4n) is 2.40. The van der Waals surface area contributed by atoms with Crippen molar-refractivity contribution in [1.29, 1.82) is 0 Å². The molecule has 136 valence electrons. The molecule has 2 aromatic carbocycles. The van der Waals surface area contributed by atoms with Gasteiger partial charge in [-0.15, -0.1) is 0 Å². The summed E-state index contributed by atoms with van der Waals surface area (Å²) in [5.74, 6) is -2.33. The summed E-state index contributed by atoms with van der Waals surface area (Å²) in [7, 11) is 0. The lowest BCUT2D eigenvalue weighted by Crippen LogP contribution is -2.32. The van der Waals surface area contributed by atoms with Crippen molar-refractivity contribution in [3.8, 4) is 0 Å². The van der Waals surface area contributed by atoms with Crippen molar-refractivity contribution >= 4 is 40.6 Å². The summed E-state index contributed by atoms with van der Waals surface area (Å²) in [5.41, 5.74) is 3.32. The van der Waals surface area contributed by atoms with Gasteiger partial charge in [0.2, 0.25) is 11.8 Å². The van der Waals surface area contributed by atoms with E-state index in [1.165, 1.54) is 6.92 Å². The number of hydrogen-bond acceptors (Lipinski definition) is 3. The van der Waals surface area contributed by atoms with Gasteiger partial charge in [0.1, 0.15) is 11.7 Å². The van der Waals surface area contributed by atoms with E-state index in [2.05, 4.69) is 10.6 Å². The number of benzene rings is 2. The lowest BCUT2D eigenvalue weighted by molar-refractivity contribution is -0.133. The predicted octanol–water partition coefficient (Wildman–Crippen LogP) is 4.13. The van der Waals surface area contributed by atoms with Crippen molar-refractivity contribution in [3.63, 3.8) is 0 Å². The van der Waals surface area contributed by atoms with Crippen LogP contribution in [0.15, 0.2) is 42.5 Å². The third-order valence-electron chi connectivity index (χ3n) is 4.10. The predicted molar refractivity (Wildman–Crippen MR) is 103 cm³/mol. The van der Waals surface area contributed by atoms with E-state index >= 15 is 0 Å². The van der Waals surface area contributed by atoms with Gasteiger partial charge in [0.25, 0.3) is 0 Å². The first-order valence-corrected chi connectivity index (χ1v) is 8.58. The van der Waals surface area contributed by atoms with Gasteiger partial charge in [-0.2, -0.15) is 0 Å². The Bertz CT molecular complexity index is 831. The molecule has 2 aromatic rings.